The molecule has 0 saturated carbocycles. The summed E-state index contributed by atoms with van der Waals surface area (Å²) in [6, 6.07) is 25.9. The third kappa shape index (κ3) is 5.84. The van der Waals surface area contributed by atoms with E-state index in [0.717, 1.165) is 78.6 Å². The van der Waals surface area contributed by atoms with Crippen molar-refractivity contribution in [2.24, 2.45) is 0 Å². The average Bonchev–Trinajstić information content (AvgIpc) is 3.66. The number of aromatic amines is 2. The van der Waals surface area contributed by atoms with E-state index in [1.54, 1.807) is 0 Å². The molecule has 1 aliphatic rings. The minimum atomic E-state index is -0.220. The molecule has 2 amide bonds. The first kappa shape index (κ1) is 25.6. The van der Waals surface area contributed by atoms with E-state index in [1.165, 1.54) is 11.3 Å². The maximum atomic E-state index is 12.3. The van der Waals surface area contributed by atoms with Gasteiger partial charge in [0.25, 0.3) is 0 Å². The molecule has 2 aromatic heterocycles. The number of nitrogens with one attached hydrogen (secondary N) is 4. The van der Waals surface area contributed by atoms with Crippen molar-refractivity contribution in [2.45, 2.75) is 13.3 Å². The minimum Gasteiger partial charge on any atom is -0.369 e. The number of carbonyl (C=O) groups is 1. The third-order valence-electron chi connectivity index (χ3n) is 7.46. The molecule has 204 valence electrons. The highest BCUT2D eigenvalue weighted by atomic mass is 16.2. The molecule has 0 spiro atoms. The molecule has 0 aliphatic carbocycles. The summed E-state index contributed by atoms with van der Waals surface area (Å²) in [4.78, 5) is 25.4. The van der Waals surface area contributed by atoms with Gasteiger partial charge in [0.1, 0.15) is 5.69 Å². The number of piperazine rings is 1. The lowest BCUT2D eigenvalue weighted by Gasteiger charge is -2.35. The molecule has 3 heterocycles. The summed E-state index contributed by atoms with van der Waals surface area (Å²) in [7, 11) is 0. The average molecular weight is 535 g/mol. The second-order valence-electron chi connectivity index (χ2n) is 10.1. The summed E-state index contributed by atoms with van der Waals surface area (Å²) in [6.45, 7) is 8.17. The van der Waals surface area contributed by atoms with Crippen molar-refractivity contribution in [2.75, 3.05) is 49.5 Å². The normalized spacial score (nSPS) is 14.0. The Morgan fingerprint density at radius 1 is 0.950 bits per heavy atom. The van der Waals surface area contributed by atoms with Gasteiger partial charge in [0.05, 0.1) is 16.7 Å². The SMILES string of the molecule is CCN1CCN(c2ccc3nc(-c4cc(-c5ccc(NC(=O)NCCc6ccccc6)cc5)n[nH]4)[nH]c3c2)CC1. The quantitative estimate of drug-likeness (QED) is 0.221. The molecule has 40 heavy (non-hydrogen) atoms. The van der Waals surface area contributed by atoms with Crippen LogP contribution in [0.3, 0.4) is 0 Å². The number of hydrogen-bond acceptors (Lipinski definition) is 5. The molecule has 3 aromatic carbocycles. The van der Waals surface area contributed by atoms with Gasteiger partial charge in [0.15, 0.2) is 5.82 Å². The van der Waals surface area contributed by atoms with Crippen LogP contribution in [-0.2, 0) is 6.42 Å². The van der Waals surface area contributed by atoms with Gasteiger partial charge in [0.2, 0.25) is 0 Å². The Morgan fingerprint density at radius 2 is 1.75 bits per heavy atom. The van der Waals surface area contributed by atoms with Gasteiger partial charge in [-0.15, -0.1) is 0 Å². The Labute approximate surface area is 233 Å². The molecule has 0 atom stereocenters. The molecule has 1 aliphatic heterocycles. The van der Waals surface area contributed by atoms with Gasteiger partial charge in [-0.25, -0.2) is 9.78 Å². The molecule has 5 aromatic rings. The number of nitrogens with zero attached hydrogens (tertiary/aromatic N) is 4. The minimum absolute atomic E-state index is 0.220. The number of hydrogen-bond donors (Lipinski definition) is 4. The van der Waals surface area contributed by atoms with E-state index in [-0.39, 0.29) is 6.03 Å². The van der Waals surface area contributed by atoms with Gasteiger partial charge >= 0.3 is 6.03 Å². The molecular formula is C31H34N8O. The zero-order valence-corrected chi connectivity index (χ0v) is 22.7. The highest BCUT2D eigenvalue weighted by Gasteiger charge is 2.17. The number of aromatic nitrogens is 4. The Hall–Kier alpha value is -4.63. The first-order valence-electron chi connectivity index (χ1n) is 13.9. The van der Waals surface area contributed by atoms with Crippen molar-refractivity contribution in [1.82, 2.24) is 30.4 Å². The summed E-state index contributed by atoms with van der Waals surface area (Å²) < 4.78 is 0. The van der Waals surface area contributed by atoms with Crippen molar-refractivity contribution in [3.05, 3.63) is 84.4 Å². The fourth-order valence-corrected chi connectivity index (χ4v) is 5.10. The lowest BCUT2D eigenvalue weighted by atomic mass is 10.1. The summed E-state index contributed by atoms with van der Waals surface area (Å²) in [5.41, 5.74) is 7.66. The van der Waals surface area contributed by atoms with E-state index in [2.05, 4.69) is 72.9 Å². The number of H-pyrrole nitrogens is 2. The maximum absolute atomic E-state index is 12.3. The number of likely N-dealkylation sites (N-methyl/N-ethyl adjacent to an activating group) is 1. The Balaban J connectivity index is 1.07. The van der Waals surface area contributed by atoms with Crippen molar-refractivity contribution in [1.29, 1.82) is 0 Å². The topological polar surface area (TPSA) is 105 Å². The predicted octanol–water partition coefficient (Wildman–Crippen LogP) is 5.13. The standard InChI is InChI=1S/C31H34N8O/c1-2-38-16-18-39(19-17-38)25-12-13-26-28(20-25)35-30(34-26)29-21-27(36-37-29)23-8-10-24(11-9-23)33-31(40)32-15-14-22-6-4-3-5-7-22/h3-13,20-21H,2,14-19H2,1H3,(H,34,35)(H,36,37)(H2,32,33,40). The van der Waals surface area contributed by atoms with E-state index in [1.807, 2.05) is 48.5 Å². The van der Waals surface area contributed by atoms with Gasteiger partial charge in [-0.2, -0.15) is 5.10 Å². The Kier molecular flexibility index (Phi) is 7.45. The van der Waals surface area contributed by atoms with Crippen LogP contribution in [0.15, 0.2) is 78.9 Å². The number of amides is 2. The van der Waals surface area contributed by atoms with Crippen LogP contribution in [0.2, 0.25) is 0 Å². The van der Waals surface area contributed by atoms with E-state index >= 15 is 0 Å². The van der Waals surface area contributed by atoms with E-state index in [9.17, 15) is 4.79 Å². The largest absolute Gasteiger partial charge is 0.369 e. The van der Waals surface area contributed by atoms with Crippen molar-refractivity contribution in [3.63, 3.8) is 0 Å². The summed E-state index contributed by atoms with van der Waals surface area (Å²) in [5, 5.41) is 13.4. The van der Waals surface area contributed by atoms with Gasteiger partial charge in [-0.05, 0) is 54.9 Å². The van der Waals surface area contributed by atoms with Crippen LogP contribution in [0.25, 0.3) is 33.8 Å². The van der Waals surface area contributed by atoms with Gasteiger partial charge in [-0.3, -0.25) is 5.10 Å². The fraction of sp³-hybridized carbons (Fsp3) is 0.258. The maximum Gasteiger partial charge on any atom is 0.319 e. The van der Waals surface area contributed by atoms with Crippen LogP contribution >= 0.6 is 0 Å². The summed E-state index contributed by atoms with van der Waals surface area (Å²) in [6.07, 6.45) is 0.789. The van der Waals surface area contributed by atoms with Gasteiger partial charge < -0.3 is 25.4 Å². The molecule has 0 radical (unpaired) electrons. The smallest absolute Gasteiger partial charge is 0.319 e. The molecule has 1 saturated heterocycles. The van der Waals surface area contributed by atoms with Crippen LogP contribution in [0, 0.1) is 0 Å². The van der Waals surface area contributed by atoms with E-state index in [0.29, 0.717) is 6.54 Å². The van der Waals surface area contributed by atoms with Crippen LogP contribution in [0.4, 0.5) is 16.2 Å². The molecule has 9 nitrogen and oxygen atoms in total. The number of fused-ring (bicyclic) bond motifs is 1. The van der Waals surface area contributed by atoms with Gasteiger partial charge in [0, 0.05) is 49.7 Å². The highest BCUT2D eigenvalue weighted by molar-refractivity contribution is 5.89. The lowest BCUT2D eigenvalue weighted by Crippen LogP contribution is -2.46. The third-order valence-corrected chi connectivity index (χ3v) is 7.46. The molecular weight excluding hydrogens is 500 g/mol. The van der Waals surface area contributed by atoms with Crippen molar-refractivity contribution < 1.29 is 4.79 Å². The first-order valence-corrected chi connectivity index (χ1v) is 13.9. The second kappa shape index (κ2) is 11.6. The molecule has 0 bridgehead atoms. The number of anilines is 2. The second-order valence-corrected chi connectivity index (χ2v) is 10.1. The molecule has 1 fully saturated rings. The van der Waals surface area contributed by atoms with Crippen LogP contribution in [0.5, 0.6) is 0 Å². The fourth-order valence-electron chi connectivity index (χ4n) is 5.10. The van der Waals surface area contributed by atoms with E-state index < -0.39 is 0 Å². The Bertz CT molecular complexity index is 1570. The summed E-state index contributed by atoms with van der Waals surface area (Å²) in [5.74, 6) is 0.757. The van der Waals surface area contributed by atoms with Gasteiger partial charge in [-0.1, -0.05) is 49.4 Å². The molecule has 4 N–H and O–H groups in total. The zero-order valence-electron chi connectivity index (χ0n) is 22.7. The number of carbonyl (C=O) groups excluding carboxylic acids is 1. The van der Waals surface area contributed by atoms with Crippen LogP contribution in [-0.4, -0.2) is 70.4 Å². The van der Waals surface area contributed by atoms with Crippen molar-refractivity contribution >= 4 is 28.4 Å². The molecule has 9 heteroatoms. The van der Waals surface area contributed by atoms with E-state index in [4.69, 9.17) is 4.98 Å². The Morgan fingerprint density at radius 3 is 2.52 bits per heavy atom. The number of rotatable bonds is 8. The predicted molar refractivity (Wildman–Crippen MR) is 161 cm³/mol. The lowest BCUT2D eigenvalue weighted by molar-refractivity contribution is 0.252. The number of benzene rings is 3. The number of imidazole rings is 1. The first-order chi connectivity index (χ1) is 19.6. The van der Waals surface area contributed by atoms with Crippen molar-refractivity contribution in [3.8, 4) is 22.8 Å². The summed E-state index contributed by atoms with van der Waals surface area (Å²) >= 11 is 0. The zero-order chi connectivity index (χ0) is 27.3. The number of urea groups is 1. The van der Waals surface area contributed by atoms with Crippen LogP contribution in [0.1, 0.15) is 12.5 Å². The molecule has 6 rings (SSSR count). The molecule has 0 unspecified atom stereocenters. The van der Waals surface area contributed by atoms with Crippen LogP contribution < -0.4 is 15.5 Å². The highest BCUT2D eigenvalue weighted by Crippen LogP contribution is 2.27. The monoisotopic (exact) mass is 534 g/mol.